The molecule has 0 radical (unpaired) electrons. The number of rotatable bonds is 5. The summed E-state index contributed by atoms with van der Waals surface area (Å²) in [4.78, 5) is 23.3. The maximum Gasteiger partial charge on any atom is 0.262 e. The van der Waals surface area contributed by atoms with Crippen LogP contribution in [0.25, 0.3) is 0 Å². The first-order valence-electron chi connectivity index (χ1n) is 7.27. The third-order valence-corrected chi connectivity index (χ3v) is 3.33. The molecule has 0 saturated carbocycles. The number of hydrogen-bond acceptors (Lipinski definition) is 5. The van der Waals surface area contributed by atoms with E-state index < -0.39 is 0 Å². The molecule has 124 valence electrons. The molecule has 1 aliphatic heterocycles. The normalized spacial score (nSPS) is 12.5. The lowest BCUT2D eigenvalue weighted by Crippen LogP contribution is -2.25. The zero-order valence-corrected chi connectivity index (χ0v) is 13.0. The van der Waals surface area contributed by atoms with Gasteiger partial charge >= 0.3 is 0 Å². The first kappa shape index (κ1) is 15.7. The van der Waals surface area contributed by atoms with Crippen molar-refractivity contribution in [1.82, 2.24) is 0 Å². The Kier molecular flexibility index (Phi) is 4.51. The molecule has 2 amide bonds. The molecule has 0 spiro atoms. The van der Waals surface area contributed by atoms with Gasteiger partial charge in [-0.25, -0.2) is 0 Å². The zero-order valence-electron chi connectivity index (χ0n) is 13.0. The molecule has 0 saturated heterocycles. The highest BCUT2D eigenvalue weighted by Gasteiger charge is 2.16. The highest BCUT2D eigenvalue weighted by atomic mass is 16.5. The molecule has 0 fully saturated rings. The molecule has 0 aliphatic carbocycles. The van der Waals surface area contributed by atoms with Gasteiger partial charge in [0.05, 0.1) is 12.8 Å². The molecule has 7 nitrogen and oxygen atoms in total. The van der Waals surface area contributed by atoms with Gasteiger partial charge in [-0.2, -0.15) is 0 Å². The van der Waals surface area contributed by atoms with Crippen LogP contribution < -0.4 is 24.8 Å². The van der Waals surface area contributed by atoms with Crippen molar-refractivity contribution in [2.24, 2.45) is 0 Å². The fourth-order valence-corrected chi connectivity index (χ4v) is 2.18. The summed E-state index contributed by atoms with van der Waals surface area (Å²) < 4.78 is 15.7. The maximum atomic E-state index is 12.0. The first-order valence-corrected chi connectivity index (χ1v) is 7.27. The SMILES string of the molecule is COc1ccc(OCC(=O)Nc2ccc3c(c2)NC(=O)CO3)cc1. The Bertz CT molecular complexity index is 758. The van der Waals surface area contributed by atoms with Crippen molar-refractivity contribution in [2.75, 3.05) is 31.0 Å². The zero-order chi connectivity index (χ0) is 16.9. The topological polar surface area (TPSA) is 85.9 Å². The number of fused-ring (bicyclic) bond motifs is 1. The van der Waals surface area contributed by atoms with Crippen molar-refractivity contribution < 1.29 is 23.8 Å². The summed E-state index contributed by atoms with van der Waals surface area (Å²) in [5.41, 5.74) is 1.07. The second-order valence-electron chi connectivity index (χ2n) is 5.06. The Hall–Kier alpha value is -3.22. The highest BCUT2D eigenvalue weighted by molar-refractivity contribution is 5.97. The van der Waals surface area contributed by atoms with Crippen molar-refractivity contribution >= 4 is 23.2 Å². The van der Waals surface area contributed by atoms with Gasteiger partial charge in [-0.3, -0.25) is 9.59 Å². The van der Waals surface area contributed by atoms with E-state index in [2.05, 4.69) is 10.6 Å². The Morgan fingerprint density at radius 3 is 2.71 bits per heavy atom. The number of anilines is 2. The minimum Gasteiger partial charge on any atom is -0.497 e. The first-order chi connectivity index (χ1) is 11.6. The van der Waals surface area contributed by atoms with Gasteiger partial charge in [-0.15, -0.1) is 0 Å². The van der Waals surface area contributed by atoms with E-state index in [1.54, 1.807) is 49.6 Å². The summed E-state index contributed by atoms with van der Waals surface area (Å²) >= 11 is 0. The predicted octanol–water partition coefficient (Wildman–Crippen LogP) is 2.04. The van der Waals surface area contributed by atoms with Gasteiger partial charge in [0, 0.05) is 5.69 Å². The van der Waals surface area contributed by atoms with Crippen LogP contribution in [-0.2, 0) is 9.59 Å². The second-order valence-corrected chi connectivity index (χ2v) is 5.06. The van der Waals surface area contributed by atoms with E-state index in [1.165, 1.54) is 0 Å². The van der Waals surface area contributed by atoms with Crippen LogP contribution in [0, 0.1) is 0 Å². The minimum absolute atomic E-state index is 0.00555. The molecule has 3 rings (SSSR count). The van der Waals surface area contributed by atoms with Crippen molar-refractivity contribution in [3.05, 3.63) is 42.5 Å². The number of carbonyl (C=O) groups excluding carboxylic acids is 2. The van der Waals surface area contributed by atoms with Crippen LogP contribution in [0.3, 0.4) is 0 Å². The van der Waals surface area contributed by atoms with E-state index in [0.29, 0.717) is 28.6 Å². The number of methoxy groups -OCH3 is 1. The van der Waals surface area contributed by atoms with Crippen LogP contribution in [0.4, 0.5) is 11.4 Å². The van der Waals surface area contributed by atoms with E-state index in [0.717, 1.165) is 0 Å². The Morgan fingerprint density at radius 1 is 1.21 bits per heavy atom. The van der Waals surface area contributed by atoms with Gasteiger partial charge in [0.1, 0.15) is 17.2 Å². The third kappa shape index (κ3) is 3.75. The number of nitrogens with one attached hydrogen (secondary N) is 2. The van der Waals surface area contributed by atoms with E-state index >= 15 is 0 Å². The van der Waals surface area contributed by atoms with E-state index in [4.69, 9.17) is 14.2 Å². The standard InChI is InChI=1S/C17H16N2O5/c1-22-12-3-5-13(6-4-12)23-9-16(20)18-11-2-7-15-14(8-11)19-17(21)10-24-15/h2-8H,9-10H2,1H3,(H,18,20)(H,19,21). The van der Waals surface area contributed by atoms with Gasteiger partial charge in [-0.1, -0.05) is 0 Å². The summed E-state index contributed by atoms with van der Waals surface area (Å²) in [6.07, 6.45) is 0. The van der Waals surface area contributed by atoms with Gasteiger partial charge in [-0.05, 0) is 42.5 Å². The van der Waals surface area contributed by atoms with Crippen LogP contribution in [-0.4, -0.2) is 32.1 Å². The molecule has 7 heteroatoms. The van der Waals surface area contributed by atoms with Crippen molar-refractivity contribution in [3.63, 3.8) is 0 Å². The van der Waals surface area contributed by atoms with Gasteiger partial charge in [0.2, 0.25) is 0 Å². The number of benzene rings is 2. The largest absolute Gasteiger partial charge is 0.497 e. The lowest BCUT2D eigenvalue weighted by Gasteiger charge is -2.18. The van der Waals surface area contributed by atoms with E-state index in [9.17, 15) is 9.59 Å². The number of hydrogen-bond donors (Lipinski definition) is 2. The second kappa shape index (κ2) is 6.91. The van der Waals surface area contributed by atoms with Crippen molar-refractivity contribution in [3.8, 4) is 17.2 Å². The quantitative estimate of drug-likeness (QED) is 0.877. The number of carbonyl (C=O) groups is 2. The molecule has 2 aromatic carbocycles. The highest BCUT2D eigenvalue weighted by Crippen LogP contribution is 2.30. The molecule has 24 heavy (non-hydrogen) atoms. The van der Waals surface area contributed by atoms with E-state index in [1.807, 2.05) is 0 Å². The van der Waals surface area contributed by atoms with Gasteiger partial charge < -0.3 is 24.8 Å². The molecule has 0 bridgehead atoms. The fourth-order valence-electron chi connectivity index (χ4n) is 2.18. The number of amides is 2. The minimum atomic E-state index is -0.311. The summed E-state index contributed by atoms with van der Waals surface area (Å²) in [5.74, 6) is 1.31. The maximum absolute atomic E-state index is 12.0. The molecule has 2 N–H and O–H groups in total. The molecule has 1 heterocycles. The monoisotopic (exact) mass is 328 g/mol. The lowest BCUT2D eigenvalue weighted by molar-refractivity contribution is -0.119. The van der Waals surface area contributed by atoms with Crippen LogP contribution in [0.15, 0.2) is 42.5 Å². The van der Waals surface area contributed by atoms with Crippen molar-refractivity contribution in [2.45, 2.75) is 0 Å². The molecule has 0 unspecified atom stereocenters. The summed E-state index contributed by atoms with van der Waals surface area (Å²) in [6, 6.07) is 12.0. The summed E-state index contributed by atoms with van der Waals surface area (Å²) in [6.45, 7) is -0.138. The van der Waals surface area contributed by atoms with Crippen LogP contribution >= 0.6 is 0 Å². The smallest absolute Gasteiger partial charge is 0.262 e. The van der Waals surface area contributed by atoms with Gasteiger partial charge in [0.25, 0.3) is 11.8 Å². The average molecular weight is 328 g/mol. The van der Waals surface area contributed by atoms with Crippen LogP contribution in [0.5, 0.6) is 17.2 Å². The molecule has 2 aromatic rings. The van der Waals surface area contributed by atoms with Crippen LogP contribution in [0.2, 0.25) is 0 Å². The average Bonchev–Trinajstić information content (AvgIpc) is 2.60. The van der Waals surface area contributed by atoms with Crippen LogP contribution in [0.1, 0.15) is 0 Å². The molecular weight excluding hydrogens is 312 g/mol. The fraction of sp³-hybridized carbons (Fsp3) is 0.176. The number of ether oxygens (including phenoxy) is 3. The molecule has 1 aliphatic rings. The predicted molar refractivity (Wildman–Crippen MR) is 87.7 cm³/mol. The third-order valence-electron chi connectivity index (χ3n) is 3.33. The van der Waals surface area contributed by atoms with E-state index in [-0.39, 0.29) is 25.0 Å². The molecular formula is C17H16N2O5. The Labute approximate surface area is 138 Å². The van der Waals surface area contributed by atoms with Crippen molar-refractivity contribution in [1.29, 1.82) is 0 Å². The summed E-state index contributed by atoms with van der Waals surface area (Å²) in [7, 11) is 1.58. The Morgan fingerprint density at radius 2 is 1.96 bits per heavy atom. The Balaban J connectivity index is 1.56. The summed E-state index contributed by atoms with van der Waals surface area (Å²) in [5, 5.41) is 5.39. The molecule has 0 atom stereocenters. The van der Waals surface area contributed by atoms with Gasteiger partial charge in [0.15, 0.2) is 13.2 Å². The molecule has 0 aromatic heterocycles. The lowest BCUT2D eigenvalue weighted by atomic mass is 10.2.